The molecule has 6 rings (SSSR count). The Labute approximate surface area is 304 Å². The van der Waals surface area contributed by atoms with E-state index in [2.05, 4.69) is 33.0 Å². The van der Waals surface area contributed by atoms with Gasteiger partial charge in [0.05, 0.1) is 29.1 Å². The van der Waals surface area contributed by atoms with Gasteiger partial charge in [-0.15, -0.1) is 0 Å². The highest BCUT2D eigenvalue weighted by Gasteiger charge is 2.60. The Bertz CT molecular complexity index is 1910. The Kier molecular flexibility index (Phi) is 9.29. The minimum atomic E-state index is -1.86. The van der Waals surface area contributed by atoms with Crippen molar-refractivity contribution in [1.82, 2.24) is 24.8 Å². The Morgan fingerprint density at radius 3 is 1.82 bits per heavy atom. The van der Waals surface area contributed by atoms with Gasteiger partial charge in [-0.25, -0.2) is 14.8 Å². The predicted octanol–water partition coefficient (Wildman–Crippen LogP) is 8.77. The maximum Gasteiger partial charge on any atom is 0.410 e. The molecule has 2 aliphatic rings. The van der Waals surface area contributed by atoms with Crippen molar-refractivity contribution < 1.29 is 23.9 Å². The van der Waals surface area contributed by atoms with E-state index in [0.717, 1.165) is 41.1 Å². The second kappa shape index (κ2) is 12.8. The number of aromatic amines is 2. The molecule has 50 heavy (non-hydrogen) atoms. The zero-order valence-electron chi connectivity index (χ0n) is 30.0. The van der Waals surface area contributed by atoms with Crippen LogP contribution in [-0.2, 0) is 4.74 Å². The van der Waals surface area contributed by atoms with Gasteiger partial charge in [0.15, 0.2) is 22.2 Å². The molecule has 266 valence electrons. The van der Waals surface area contributed by atoms with Crippen molar-refractivity contribution in [3.8, 4) is 33.6 Å². The third-order valence-electron chi connectivity index (χ3n) is 10.0. The normalized spacial score (nSPS) is 22.2. The minimum absolute atomic E-state index is 0.166. The molecule has 3 atom stereocenters. The Hall–Kier alpha value is -3.64. The minimum Gasteiger partial charge on any atom is -0.498 e. The molecule has 4 aromatic rings. The molecule has 13 heteroatoms. The van der Waals surface area contributed by atoms with Crippen LogP contribution in [0.4, 0.5) is 9.59 Å². The van der Waals surface area contributed by atoms with Crippen LogP contribution in [0.3, 0.4) is 0 Å². The first kappa shape index (κ1) is 36.2. The predicted molar refractivity (Wildman–Crippen MR) is 197 cm³/mol. The number of aromatic nitrogens is 4. The molecule has 2 aliphatic heterocycles. The smallest absolute Gasteiger partial charge is 0.410 e. The number of carbonyl (C=O) groups is 2. The fourth-order valence-corrected chi connectivity index (χ4v) is 12.0. The first-order valence-electron chi connectivity index (χ1n) is 17.1. The Morgan fingerprint density at radius 2 is 1.34 bits per heavy atom. The number of imidazole rings is 2. The Morgan fingerprint density at radius 1 is 0.860 bits per heavy atom. The van der Waals surface area contributed by atoms with Crippen LogP contribution in [0.2, 0.25) is 29.4 Å². The topological polar surface area (TPSA) is 127 Å². The molecule has 10 nitrogen and oxygen atoms in total. The number of ether oxygens (including phenoxy) is 1. The van der Waals surface area contributed by atoms with Crippen molar-refractivity contribution in [1.29, 1.82) is 0 Å². The number of carboxylic acid groups (broad SMARTS) is 1. The van der Waals surface area contributed by atoms with E-state index in [4.69, 9.17) is 27.9 Å². The first-order chi connectivity index (χ1) is 23.3. The van der Waals surface area contributed by atoms with Gasteiger partial charge in [-0.05, 0) is 65.5 Å². The number of amides is 2. The van der Waals surface area contributed by atoms with Crippen molar-refractivity contribution in [3.05, 3.63) is 70.5 Å². The number of quaternary nitrogens is 1. The molecule has 2 amide bonds. The van der Waals surface area contributed by atoms with E-state index in [1.165, 1.54) is 0 Å². The van der Waals surface area contributed by atoms with Crippen LogP contribution >= 0.6 is 23.2 Å². The number of likely N-dealkylation sites (tertiary alicyclic amines) is 1. The molecule has 0 spiro atoms. The monoisotopic (exact) mass is 736 g/mol. The third-order valence-corrected chi connectivity index (χ3v) is 13.4. The van der Waals surface area contributed by atoms with Crippen molar-refractivity contribution in [2.45, 2.75) is 96.7 Å². The van der Waals surface area contributed by atoms with Gasteiger partial charge in [0.25, 0.3) is 6.09 Å². The lowest BCUT2D eigenvalue weighted by atomic mass is 9.99. The molecule has 2 N–H and O–H groups in total. The van der Waals surface area contributed by atoms with E-state index in [-0.39, 0.29) is 22.7 Å². The average molecular weight is 738 g/mol. The summed E-state index contributed by atoms with van der Waals surface area (Å²) in [5.41, 5.74) is 3.97. The fraction of sp³-hybridized carbons (Fsp3) is 0.459. The van der Waals surface area contributed by atoms with Crippen molar-refractivity contribution in [3.63, 3.8) is 0 Å². The third kappa shape index (κ3) is 6.72. The van der Waals surface area contributed by atoms with Gasteiger partial charge in [-0.2, -0.15) is 0 Å². The van der Waals surface area contributed by atoms with Crippen LogP contribution in [-0.4, -0.2) is 73.4 Å². The summed E-state index contributed by atoms with van der Waals surface area (Å²) in [7, 11) is -1.86. The number of hydrogen-bond acceptors (Lipinski definition) is 6. The summed E-state index contributed by atoms with van der Waals surface area (Å²) in [6, 6.07) is 16.2. The van der Waals surface area contributed by atoms with Gasteiger partial charge < -0.3 is 24.6 Å². The lowest BCUT2D eigenvalue weighted by molar-refractivity contribution is -0.931. The highest BCUT2D eigenvalue weighted by molar-refractivity contribution is 6.78. The summed E-state index contributed by atoms with van der Waals surface area (Å²) in [6.45, 7) is 16.5. The van der Waals surface area contributed by atoms with Crippen molar-refractivity contribution >= 4 is 43.5 Å². The molecule has 2 unspecified atom stereocenters. The van der Waals surface area contributed by atoms with Crippen LogP contribution in [0.25, 0.3) is 33.6 Å². The fourth-order valence-electron chi connectivity index (χ4n) is 7.69. The SMILES string of the molecule is CC(C)(C)OC(=O)N1CCC[C@H]1c1nc(Cl)c(-c2ccc(-c3ccc(-c4[nH]c(C5C[Si](C)(C)C[N+]5(C(=O)[O-])C(C)(C)C)nc4Cl)cc3)cc2)[nH]1. The molecule has 0 radical (unpaired) electrons. The van der Waals surface area contributed by atoms with E-state index in [1.54, 1.807) is 4.90 Å². The molecule has 2 aromatic heterocycles. The first-order valence-corrected chi connectivity index (χ1v) is 21.3. The molecule has 0 aliphatic carbocycles. The number of rotatable bonds is 5. The van der Waals surface area contributed by atoms with Gasteiger partial charge in [0, 0.05) is 23.7 Å². The number of nitrogens with zero attached hydrogens (tertiary/aromatic N) is 4. The number of halogens is 2. The Balaban J connectivity index is 1.20. The summed E-state index contributed by atoms with van der Waals surface area (Å²) in [6.07, 6.45) is 0.791. The van der Waals surface area contributed by atoms with E-state index in [0.29, 0.717) is 46.1 Å². The van der Waals surface area contributed by atoms with Crippen molar-refractivity contribution in [2.75, 3.05) is 12.7 Å². The largest absolute Gasteiger partial charge is 0.498 e. The van der Waals surface area contributed by atoms with Crippen molar-refractivity contribution in [2.24, 2.45) is 0 Å². The number of carbonyl (C=O) groups excluding carboxylic acids is 2. The zero-order valence-corrected chi connectivity index (χ0v) is 32.5. The highest BCUT2D eigenvalue weighted by Crippen LogP contribution is 2.49. The molecular weight excluding hydrogens is 691 g/mol. The van der Waals surface area contributed by atoms with Crippen LogP contribution in [0, 0.1) is 0 Å². The maximum absolute atomic E-state index is 12.8. The molecule has 0 saturated carbocycles. The quantitative estimate of drug-likeness (QED) is 0.156. The maximum atomic E-state index is 12.8. The van der Waals surface area contributed by atoms with Gasteiger partial charge in [0.1, 0.15) is 19.5 Å². The standard InChI is InChI=1S/C37H46Cl2N6O4Si/c1-36(2,3)45(35(47)48)21-50(7,8)20-27(45)33-41-29(31(39)43-33)25-17-13-23(14-18-25)22-11-15-24(16-12-22)28-30(38)42-32(40-28)26-10-9-19-44(26)34(46)49-37(4,5)6/h11-18,26-27H,9-10,19-21H2,1-8H3,(H2-,40,41,42,43,47,48)/t26-,27?,45?/m0/s1. The molecule has 2 aromatic carbocycles. The van der Waals surface area contributed by atoms with Gasteiger partial charge in [-0.3, -0.25) is 9.38 Å². The second-order valence-corrected chi connectivity index (χ2v) is 22.2. The number of hydrogen-bond donors (Lipinski definition) is 2. The van der Waals surface area contributed by atoms with Crippen LogP contribution in [0.15, 0.2) is 48.5 Å². The molecule has 2 saturated heterocycles. The van der Waals surface area contributed by atoms with Gasteiger partial charge in [-0.1, -0.05) is 84.8 Å². The molecule has 2 fully saturated rings. The molecule has 4 heterocycles. The highest BCUT2D eigenvalue weighted by atomic mass is 35.5. The lowest BCUT2D eigenvalue weighted by Gasteiger charge is -2.49. The van der Waals surface area contributed by atoms with Crippen LogP contribution in [0.1, 0.15) is 78.1 Å². The van der Waals surface area contributed by atoms with E-state index < -0.39 is 25.3 Å². The van der Waals surface area contributed by atoms with Gasteiger partial charge >= 0.3 is 6.09 Å². The summed E-state index contributed by atoms with van der Waals surface area (Å²) >= 11 is 13.3. The van der Waals surface area contributed by atoms with E-state index in [9.17, 15) is 14.7 Å². The summed E-state index contributed by atoms with van der Waals surface area (Å²) < 4.78 is 5.46. The zero-order chi connectivity index (χ0) is 36.4. The van der Waals surface area contributed by atoms with Gasteiger partial charge in [0.2, 0.25) is 0 Å². The average Bonchev–Trinajstić information content (AvgIpc) is 3.80. The summed E-state index contributed by atoms with van der Waals surface area (Å²) in [4.78, 5) is 43.4. The number of H-pyrrole nitrogens is 2. The van der Waals surface area contributed by atoms with E-state index >= 15 is 0 Å². The second-order valence-electron chi connectivity index (χ2n) is 16.4. The van der Waals surface area contributed by atoms with Crippen LogP contribution in [0.5, 0.6) is 0 Å². The molecule has 0 bridgehead atoms. The molecular formula is C37H46Cl2N6O4Si. The summed E-state index contributed by atoms with van der Waals surface area (Å²) in [5, 5.41) is 13.5. The van der Waals surface area contributed by atoms with Crippen LogP contribution < -0.4 is 5.11 Å². The number of nitrogens with one attached hydrogen (secondary N) is 2. The lowest BCUT2D eigenvalue weighted by Crippen LogP contribution is -2.68. The summed E-state index contributed by atoms with van der Waals surface area (Å²) in [5.74, 6) is 1.24. The number of benzene rings is 2. The van der Waals surface area contributed by atoms with E-state index in [1.807, 2.05) is 90.1 Å².